The maximum absolute atomic E-state index is 12.3. The number of hydrogen-bond donors (Lipinski definition) is 3. The van der Waals surface area contributed by atoms with Gasteiger partial charge in [0.15, 0.2) is 5.78 Å². The zero-order valence-corrected chi connectivity index (χ0v) is 14.2. The number of methoxy groups -OCH3 is 1. The number of aliphatic hydroxyl groups is 2. The van der Waals surface area contributed by atoms with E-state index < -0.39 is 30.4 Å². The molecule has 0 aliphatic rings. The van der Waals surface area contributed by atoms with Gasteiger partial charge < -0.3 is 20.3 Å². The summed E-state index contributed by atoms with van der Waals surface area (Å²) < 4.78 is 5.11. The van der Waals surface area contributed by atoms with Gasteiger partial charge in [0.05, 0.1) is 18.1 Å². The number of amides is 1. The maximum atomic E-state index is 12.3. The Morgan fingerprint density at radius 1 is 1.21 bits per heavy atom. The van der Waals surface area contributed by atoms with Crippen molar-refractivity contribution < 1.29 is 24.5 Å². The SMILES string of the molecule is COc1ccc(-c2ccc(C(=O)N[C@H](C(=O)CO)[C@@H](C)O)s2)cc1. The summed E-state index contributed by atoms with van der Waals surface area (Å²) in [6, 6.07) is 9.78. The lowest BCUT2D eigenvalue weighted by Gasteiger charge is -2.18. The van der Waals surface area contributed by atoms with Gasteiger partial charge in [-0.05, 0) is 48.9 Å². The monoisotopic (exact) mass is 349 g/mol. The highest BCUT2D eigenvalue weighted by atomic mass is 32.1. The molecule has 0 spiro atoms. The van der Waals surface area contributed by atoms with Crippen LogP contribution in [0.1, 0.15) is 16.6 Å². The molecule has 0 aliphatic heterocycles. The first-order chi connectivity index (χ1) is 11.5. The van der Waals surface area contributed by atoms with Crippen molar-refractivity contribution >= 4 is 23.0 Å². The highest BCUT2D eigenvalue weighted by Crippen LogP contribution is 2.29. The first kappa shape index (κ1) is 18.1. The Hall–Kier alpha value is -2.22. The van der Waals surface area contributed by atoms with Crippen LogP contribution in [-0.2, 0) is 4.79 Å². The van der Waals surface area contributed by atoms with E-state index in [9.17, 15) is 14.7 Å². The number of ether oxygens (including phenoxy) is 1. The number of nitrogens with one attached hydrogen (secondary N) is 1. The molecule has 1 aromatic carbocycles. The summed E-state index contributed by atoms with van der Waals surface area (Å²) in [4.78, 5) is 25.1. The summed E-state index contributed by atoms with van der Waals surface area (Å²) in [6.07, 6.45) is -1.09. The van der Waals surface area contributed by atoms with Crippen LogP contribution in [-0.4, -0.2) is 47.8 Å². The van der Waals surface area contributed by atoms with Crippen LogP contribution in [0.2, 0.25) is 0 Å². The number of benzene rings is 1. The molecule has 0 aliphatic carbocycles. The number of ketones is 1. The summed E-state index contributed by atoms with van der Waals surface area (Å²) in [5.41, 5.74) is 0.943. The molecule has 0 fully saturated rings. The average Bonchev–Trinajstić information content (AvgIpc) is 3.08. The van der Waals surface area contributed by atoms with Gasteiger partial charge in [-0.2, -0.15) is 0 Å². The molecular weight excluding hydrogens is 330 g/mol. The molecule has 6 nitrogen and oxygen atoms in total. The van der Waals surface area contributed by atoms with E-state index in [1.54, 1.807) is 13.2 Å². The summed E-state index contributed by atoms with van der Waals surface area (Å²) in [6.45, 7) is 0.646. The fourth-order valence-electron chi connectivity index (χ4n) is 2.15. The molecule has 24 heavy (non-hydrogen) atoms. The number of hydrogen-bond acceptors (Lipinski definition) is 6. The highest BCUT2D eigenvalue weighted by molar-refractivity contribution is 7.17. The smallest absolute Gasteiger partial charge is 0.262 e. The van der Waals surface area contributed by atoms with Crippen LogP contribution in [0, 0.1) is 0 Å². The molecule has 3 N–H and O–H groups in total. The molecule has 2 aromatic rings. The minimum absolute atomic E-state index is 0.414. The molecule has 0 saturated carbocycles. The lowest BCUT2D eigenvalue weighted by atomic mass is 10.1. The molecule has 2 atom stereocenters. The normalized spacial score (nSPS) is 13.2. The summed E-state index contributed by atoms with van der Waals surface area (Å²) in [7, 11) is 1.59. The number of aliphatic hydroxyl groups excluding tert-OH is 2. The van der Waals surface area contributed by atoms with Crippen molar-refractivity contribution in [3.05, 3.63) is 41.3 Å². The minimum atomic E-state index is -1.13. The van der Waals surface area contributed by atoms with Crippen LogP contribution in [0.15, 0.2) is 36.4 Å². The van der Waals surface area contributed by atoms with Crippen molar-refractivity contribution in [2.24, 2.45) is 0 Å². The van der Waals surface area contributed by atoms with Gasteiger partial charge in [0.1, 0.15) is 18.4 Å². The highest BCUT2D eigenvalue weighted by Gasteiger charge is 2.25. The Balaban J connectivity index is 2.13. The molecule has 0 radical (unpaired) electrons. The quantitative estimate of drug-likeness (QED) is 0.703. The Kier molecular flexibility index (Phi) is 6.08. The number of carbonyl (C=O) groups is 2. The van der Waals surface area contributed by atoms with Crippen molar-refractivity contribution in [3.63, 3.8) is 0 Å². The van der Waals surface area contributed by atoms with Crippen LogP contribution in [0.4, 0.5) is 0 Å². The Labute approximate surface area is 143 Å². The van der Waals surface area contributed by atoms with E-state index in [1.165, 1.54) is 18.3 Å². The topological polar surface area (TPSA) is 95.9 Å². The van der Waals surface area contributed by atoms with E-state index >= 15 is 0 Å². The number of rotatable bonds is 7. The lowest BCUT2D eigenvalue weighted by molar-refractivity contribution is -0.125. The second-order valence-electron chi connectivity index (χ2n) is 5.21. The lowest BCUT2D eigenvalue weighted by Crippen LogP contribution is -2.48. The predicted molar refractivity (Wildman–Crippen MR) is 91.3 cm³/mol. The van der Waals surface area contributed by atoms with Gasteiger partial charge in [-0.3, -0.25) is 9.59 Å². The van der Waals surface area contributed by atoms with Crippen LogP contribution in [0.3, 0.4) is 0 Å². The molecule has 0 unspecified atom stereocenters. The van der Waals surface area contributed by atoms with Crippen molar-refractivity contribution in [2.75, 3.05) is 13.7 Å². The van der Waals surface area contributed by atoms with Gasteiger partial charge in [0.25, 0.3) is 5.91 Å². The van der Waals surface area contributed by atoms with Gasteiger partial charge in [-0.25, -0.2) is 0 Å². The Morgan fingerprint density at radius 3 is 2.42 bits per heavy atom. The first-order valence-corrected chi connectivity index (χ1v) is 8.14. The van der Waals surface area contributed by atoms with Gasteiger partial charge >= 0.3 is 0 Å². The average molecular weight is 349 g/mol. The van der Waals surface area contributed by atoms with E-state index in [1.807, 2.05) is 30.3 Å². The second kappa shape index (κ2) is 8.05. The summed E-state index contributed by atoms with van der Waals surface area (Å²) in [5, 5.41) is 21.0. The van der Waals surface area contributed by atoms with E-state index in [0.717, 1.165) is 16.2 Å². The van der Waals surface area contributed by atoms with E-state index in [2.05, 4.69) is 5.32 Å². The largest absolute Gasteiger partial charge is 0.497 e. The number of carbonyl (C=O) groups excluding carboxylic acids is 2. The molecule has 0 bridgehead atoms. The van der Waals surface area contributed by atoms with Crippen molar-refractivity contribution in [3.8, 4) is 16.2 Å². The predicted octanol–water partition coefficient (Wildman–Crippen LogP) is 1.46. The van der Waals surface area contributed by atoms with E-state index in [-0.39, 0.29) is 0 Å². The molecular formula is C17H19NO5S. The van der Waals surface area contributed by atoms with Gasteiger partial charge in [0, 0.05) is 4.88 Å². The van der Waals surface area contributed by atoms with Crippen molar-refractivity contribution in [1.29, 1.82) is 0 Å². The molecule has 1 heterocycles. The maximum Gasteiger partial charge on any atom is 0.262 e. The zero-order valence-electron chi connectivity index (χ0n) is 13.4. The molecule has 0 saturated heterocycles. The molecule has 1 aromatic heterocycles. The third kappa shape index (κ3) is 4.19. The fraction of sp³-hybridized carbons (Fsp3) is 0.294. The molecule has 1 amide bonds. The fourth-order valence-corrected chi connectivity index (χ4v) is 3.07. The molecule has 128 valence electrons. The van der Waals surface area contributed by atoms with Crippen LogP contribution >= 0.6 is 11.3 Å². The van der Waals surface area contributed by atoms with Gasteiger partial charge in [-0.1, -0.05) is 0 Å². The Morgan fingerprint density at radius 2 is 1.88 bits per heavy atom. The zero-order chi connectivity index (χ0) is 17.7. The van der Waals surface area contributed by atoms with E-state index in [0.29, 0.717) is 4.88 Å². The second-order valence-corrected chi connectivity index (χ2v) is 6.29. The number of Topliss-reactive ketones (excluding diaryl/α,β-unsaturated/α-hetero) is 1. The van der Waals surface area contributed by atoms with Gasteiger partial charge in [0.2, 0.25) is 0 Å². The van der Waals surface area contributed by atoms with Crippen molar-refractivity contribution in [1.82, 2.24) is 5.32 Å². The van der Waals surface area contributed by atoms with Gasteiger partial charge in [-0.15, -0.1) is 11.3 Å². The summed E-state index contributed by atoms with van der Waals surface area (Å²) in [5.74, 6) is -0.353. The molecule has 2 rings (SSSR count). The third-order valence-corrected chi connectivity index (χ3v) is 4.61. The minimum Gasteiger partial charge on any atom is -0.497 e. The third-order valence-electron chi connectivity index (χ3n) is 3.48. The first-order valence-electron chi connectivity index (χ1n) is 7.33. The van der Waals surface area contributed by atoms with Crippen LogP contribution in [0.5, 0.6) is 5.75 Å². The summed E-state index contributed by atoms with van der Waals surface area (Å²) >= 11 is 1.27. The Bertz CT molecular complexity index is 708. The number of thiophene rings is 1. The van der Waals surface area contributed by atoms with Crippen molar-refractivity contribution in [2.45, 2.75) is 19.1 Å². The molecule has 7 heteroatoms. The van der Waals surface area contributed by atoms with Crippen LogP contribution in [0.25, 0.3) is 10.4 Å². The van der Waals surface area contributed by atoms with Crippen LogP contribution < -0.4 is 10.1 Å². The van der Waals surface area contributed by atoms with E-state index in [4.69, 9.17) is 9.84 Å². The standard InChI is InChI=1S/C17H19NO5S/c1-10(20)16(13(21)9-19)18-17(22)15-8-7-14(24-15)11-3-5-12(23-2)6-4-11/h3-8,10,16,19-20H,9H2,1-2H3,(H,18,22)/t10-,16+/m1/s1.